The number of rotatable bonds is 5. The zero-order valence-electron chi connectivity index (χ0n) is 11.5. The Morgan fingerprint density at radius 2 is 2.05 bits per heavy atom. The highest BCUT2D eigenvalue weighted by molar-refractivity contribution is 6.18. The monoisotopic (exact) mass is 282 g/mol. The van der Waals surface area contributed by atoms with Gasteiger partial charge in [0, 0.05) is 19.6 Å². The standard InChI is InChI=1S/C15H23ClN2O/c1-12-5-6-15(18-7-3-2-4-8-18)14(9-12)17-11-13(19)10-16/h5-6,9,13,17,19H,2-4,7-8,10-11H2,1H3. The summed E-state index contributed by atoms with van der Waals surface area (Å²) in [5.74, 6) is 0.262. The maximum Gasteiger partial charge on any atom is 0.0847 e. The maximum absolute atomic E-state index is 9.58. The van der Waals surface area contributed by atoms with Crippen LogP contribution in [0.3, 0.4) is 0 Å². The molecule has 1 aromatic rings. The fourth-order valence-corrected chi connectivity index (χ4v) is 2.59. The van der Waals surface area contributed by atoms with Crippen LogP contribution in [-0.4, -0.2) is 36.7 Å². The highest BCUT2D eigenvalue weighted by Crippen LogP contribution is 2.29. The molecule has 1 atom stereocenters. The first-order chi connectivity index (χ1) is 9.20. The van der Waals surface area contributed by atoms with Gasteiger partial charge in [-0.3, -0.25) is 0 Å². The fraction of sp³-hybridized carbons (Fsp3) is 0.600. The van der Waals surface area contributed by atoms with E-state index < -0.39 is 6.10 Å². The average Bonchev–Trinajstić information content (AvgIpc) is 2.45. The average molecular weight is 283 g/mol. The number of alkyl halides is 1. The van der Waals surface area contributed by atoms with Crippen LogP contribution in [0.15, 0.2) is 18.2 Å². The molecule has 0 amide bonds. The van der Waals surface area contributed by atoms with Crippen LogP contribution in [0.5, 0.6) is 0 Å². The highest BCUT2D eigenvalue weighted by Gasteiger charge is 2.15. The molecule has 3 nitrogen and oxygen atoms in total. The number of nitrogens with one attached hydrogen (secondary N) is 1. The fourth-order valence-electron chi connectivity index (χ4n) is 2.48. The van der Waals surface area contributed by atoms with Gasteiger partial charge in [0.1, 0.15) is 0 Å². The first-order valence-electron chi connectivity index (χ1n) is 7.04. The molecule has 4 heteroatoms. The third kappa shape index (κ3) is 4.02. The lowest BCUT2D eigenvalue weighted by atomic mass is 10.1. The molecule has 1 aromatic carbocycles. The van der Waals surface area contributed by atoms with Gasteiger partial charge in [0.25, 0.3) is 0 Å². The van der Waals surface area contributed by atoms with E-state index >= 15 is 0 Å². The van der Waals surface area contributed by atoms with Crippen molar-refractivity contribution in [2.45, 2.75) is 32.3 Å². The molecule has 0 aromatic heterocycles. The molecule has 0 spiro atoms. The summed E-state index contributed by atoms with van der Waals surface area (Å²) in [6, 6.07) is 6.47. The third-order valence-corrected chi connectivity index (χ3v) is 3.91. The second-order valence-electron chi connectivity index (χ2n) is 5.26. The maximum atomic E-state index is 9.58. The number of aryl methyl sites for hydroxylation is 1. The molecule has 0 radical (unpaired) electrons. The van der Waals surface area contributed by atoms with Gasteiger partial charge in [-0.2, -0.15) is 0 Å². The summed E-state index contributed by atoms with van der Waals surface area (Å²) in [6.07, 6.45) is 3.35. The van der Waals surface area contributed by atoms with Crippen molar-refractivity contribution in [2.24, 2.45) is 0 Å². The first-order valence-corrected chi connectivity index (χ1v) is 7.57. The molecule has 0 bridgehead atoms. The second kappa shape index (κ2) is 7.01. The molecule has 1 aliphatic heterocycles. The summed E-state index contributed by atoms with van der Waals surface area (Å²) in [5.41, 5.74) is 3.57. The van der Waals surface area contributed by atoms with Gasteiger partial charge in [0.05, 0.1) is 23.4 Å². The van der Waals surface area contributed by atoms with Crippen LogP contribution >= 0.6 is 11.6 Å². The van der Waals surface area contributed by atoms with Crippen LogP contribution in [0.1, 0.15) is 24.8 Å². The summed E-state index contributed by atoms with van der Waals surface area (Å²) in [6.45, 7) is 4.82. The number of aliphatic hydroxyl groups excluding tert-OH is 1. The number of hydrogen-bond donors (Lipinski definition) is 2. The van der Waals surface area contributed by atoms with Crippen molar-refractivity contribution >= 4 is 23.0 Å². The van der Waals surface area contributed by atoms with Crippen LogP contribution in [0.4, 0.5) is 11.4 Å². The molecule has 1 heterocycles. The van der Waals surface area contributed by atoms with Crippen molar-refractivity contribution in [3.8, 4) is 0 Å². The number of nitrogens with zero attached hydrogens (tertiary/aromatic N) is 1. The van der Waals surface area contributed by atoms with Crippen LogP contribution in [0.25, 0.3) is 0 Å². The Morgan fingerprint density at radius 1 is 1.32 bits per heavy atom. The van der Waals surface area contributed by atoms with Crippen molar-refractivity contribution in [3.63, 3.8) is 0 Å². The number of hydrogen-bond acceptors (Lipinski definition) is 3. The minimum absolute atomic E-state index is 0.262. The van der Waals surface area contributed by atoms with Gasteiger partial charge in [-0.1, -0.05) is 6.07 Å². The van der Waals surface area contributed by atoms with E-state index in [-0.39, 0.29) is 5.88 Å². The van der Waals surface area contributed by atoms with E-state index in [4.69, 9.17) is 11.6 Å². The van der Waals surface area contributed by atoms with Gasteiger partial charge in [-0.15, -0.1) is 11.6 Å². The van der Waals surface area contributed by atoms with E-state index in [1.807, 2.05) is 0 Å². The highest BCUT2D eigenvalue weighted by atomic mass is 35.5. The molecule has 1 saturated heterocycles. The molecule has 19 heavy (non-hydrogen) atoms. The van der Waals surface area contributed by atoms with E-state index in [2.05, 4.69) is 35.3 Å². The lowest BCUT2D eigenvalue weighted by Gasteiger charge is -2.31. The number of benzene rings is 1. The van der Waals surface area contributed by atoms with Gasteiger partial charge < -0.3 is 15.3 Å². The Balaban J connectivity index is 2.12. The zero-order valence-corrected chi connectivity index (χ0v) is 12.3. The van der Waals surface area contributed by atoms with Gasteiger partial charge in [-0.25, -0.2) is 0 Å². The molecular formula is C15H23ClN2O. The van der Waals surface area contributed by atoms with Crippen molar-refractivity contribution < 1.29 is 5.11 Å². The zero-order chi connectivity index (χ0) is 13.7. The van der Waals surface area contributed by atoms with Crippen LogP contribution in [0, 0.1) is 6.92 Å². The van der Waals surface area contributed by atoms with Crippen LogP contribution in [-0.2, 0) is 0 Å². The normalized spacial score (nSPS) is 17.3. The Hall–Kier alpha value is -0.930. The molecule has 106 valence electrons. The van der Waals surface area contributed by atoms with Crippen molar-refractivity contribution in [2.75, 3.05) is 35.7 Å². The smallest absolute Gasteiger partial charge is 0.0847 e. The van der Waals surface area contributed by atoms with Crippen molar-refractivity contribution in [3.05, 3.63) is 23.8 Å². The number of aliphatic hydroxyl groups is 1. The van der Waals surface area contributed by atoms with E-state index in [0.717, 1.165) is 18.8 Å². The molecule has 0 aliphatic carbocycles. The van der Waals surface area contributed by atoms with Crippen molar-refractivity contribution in [1.29, 1.82) is 0 Å². The minimum atomic E-state index is -0.503. The van der Waals surface area contributed by atoms with Gasteiger partial charge in [0.2, 0.25) is 0 Å². The molecule has 0 saturated carbocycles. The molecule has 1 unspecified atom stereocenters. The Labute approximate surface area is 120 Å². The first kappa shape index (κ1) is 14.5. The van der Waals surface area contributed by atoms with Crippen molar-refractivity contribution in [1.82, 2.24) is 0 Å². The topological polar surface area (TPSA) is 35.5 Å². The lowest BCUT2D eigenvalue weighted by Crippen LogP contribution is -2.30. The molecule has 2 rings (SSSR count). The quantitative estimate of drug-likeness (QED) is 0.815. The summed E-state index contributed by atoms with van der Waals surface area (Å²) in [4.78, 5) is 2.43. The van der Waals surface area contributed by atoms with Gasteiger partial charge in [0.15, 0.2) is 0 Å². The number of piperidine rings is 1. The van der Waals surface area contributed by atoms with E-state index in [1.54, 1.807) is 0 Å². The van der Waals surface area contributed by atoms with Gasteiger partial charge >= 0.3 is 0 Å². The summed E-state index contributed by atoms with van der Waals surface area (Å²) >= 11 is 5.64. The predicted molar refractivity (Wildman–Crippen MR) is 82.5 cm³/mol. The Bertz CT molecular complexity index is 405. The van der Waals surface area contributed by atoms with Crippen LogP contribution < -0.4 is 10.2 Å². The largest absolute Gasteiger partial charge is 0.390 e. The second-order valence-corrected chi connectivity index (χ2v) is 5.57. The number of halogens is 1. The SMILES string of the molecule is Cc1ccc(N2CCCCC2)c(NCC(O)CCl)c1. The molecule has 1 aliphatic rings. The third-order valence-electron chi connectivity index (χ3n) is 3.56. The Morgan fingerprint density at radius 3 is 2.74 bits per heavy atom. The van der Waals surface area contributed by atoms with E-state index in [9.17, 15) is 5.11 Å². The molecule has 2 N–H and O–H groups in total. The summed E-state index contributed by atoms with van der Waals surface area (Å²) < 4.78 is 0. The molecule has 1 fully saturated rings. The lowest BCUT2D eigenvalue weighted by molar-refractivity contribution is 0.211. The van der Waals surface area contributed by atoms with Gasteiger partial charge in [-0.05, 0) is 43.9 Å². The predicted octanol–water partition coefficient (Wildman–Crippen LogP) is 3.00. The van der Waals surface area contributed by atoms with Crippen LogP contribution in [0.2, 0.25) is 0 Å². The molecular weight excluding hydrogens is 260 g/mol. The summed E-state index contributed by atoms with van der Waals surface area (Å²) in [5, 5.41) is 12.9. The van der Waals surface area contributed by atoms with E-state index in [1.165, 1.54) is 30.5 Å². The Kier molecular flexibility index (Phi) is 5.34. The van der Waals surface area contributed by atoms with E-state index in [0.29, 0.717) is 6.54 Å². The minimum Gasteiger partial charge on any atom is -0.390 e. The number of anilines is 2. The summed E-state index contributed by atoms with van der Waals surface area (Å²) in [7, 11) is 0.